The molecule has 7 heteroatoms. The van der Waals surface area contributed by atoms with Gasteiger partial charge in [0.25, 0.3) is 5.91 Å². The molecular formula is C21H28N2O5. The first-order chi connectivity index (χ1) is 13.3. The number of aliphatic carboxylic acids is 1. The molecular weight excluding hydrogens is 360 g/mol. The maximum atomic E-state index is 12.9. The average Bonchev–Trinajstić information content (AvgIpc) is 2.67. The first-order valence-corrected chi connectivity index (χ1v) is 9.81. The van der Waals surface area contributed by atoms with E-state index in [9.17, 15) is 19.5 Å². The van der Waals surface area contributed by atoms with Gasteiger partial charge in [0.05, 0.1) is 5.92 Å². The van der Waals surface area contributed by atoms with E-state index in [0.29, 0.717) is 38.3 Å². The van der Waals surface area contributed by atoms with Crippen LogP contribution in [-0.2, 0) is 14.3 Å². The normalized spacial score (nSPS) is 21.8. The zero-order valence-electron chi connectivity index (χ0n) is 16.5. The van der Waals surface area contributed by atoms with Crippen LogP contribution >= 0.6 is 0 Å². The van der Waals surface area contributed by atoms with Crippen molar-refractivity contribution in [2.75, 3.05) is 26.3 Å². The molecule has 2 N–H and O–H groups in total. The molecule has 3 rings (SSSR count). The number of nitrogens with one attached hydrogen (secondary N) is 1. The second-order valence-corrected chi connectivity index (χ2v) is 7.96. The van der Waals surface area contributed by atoms with Gasteiger partial charge in [0, 0.05) is 44.7 Å². The van der Waals surface area contributed by atoms with Gasteiger partial charge in [-0.2, -0.15) is 0 Å². The number of ether oxygens (including phenoxy) is 1. The number of rotatable bonds is 4. The lowest BCUT2D eigenvalue weighted by molar-refractivity contribution is -0.153. The van der Waals surface area contributed by atoms with Crippen molar-refractivity contribution in [3.8, 4) is 0 Å². The highest BCUT2D eigenvalue weighted by atomic mass is 16.5. The predicted molar refractivity (Wildman–Crippen MR) is 103 cm³/mol. The molecule has 1 unspecified atom stereocenters. The number of carbonyl (C=O) groups excluding carboxylic acids is 2. The maximum Gasteiger partial charge on any atom is 0.329 e. The van der Waals surface area contributed by atoms with Crippen molar-refractivity contribution in [1.29, 1.82) is 0 Å². The summed E-state index contributed by atoms with van der Waals surface area (Å²) < 4.78 is 5.25. The smallest absolute Gasteiger partial charge is 0.329 e. The van der Waals surface area contributed by atoms with Gasteiger partial charge in [-0.15, -0.1) is 0 Å². The summed E-state index contributed by atoms with van der Waals surface area (Å²) in [7, 11) is 0. The predicted octanol–water partition coefficient (Wildman–Crippen LogP) is 1.91. The van der Waals surface area contributed by atoms with Gasteiger partial charge in [-0.25, -0.2) is 4.79 Å². The minimum absolute atomic E-state index is 0.0803. The summed E-state index contributed by atoms with van der Waals surface area (Å²) in [5, 5.41) is 12.4. The number of piperidine rings is 1. The molecule has 2 amide bonds. The summed E-state index contributed by atoms with van der Waals surface area (Å²) in [6, 6.07) is 5.74. The van der Waals surface area contributed by atoms with Crippen molar-refractivity contribution in [2.24, 2.45) is 5.92 Å². The van der Waals surface area contributed by atoms with Crippen molar-refractivity contribution in [2.45, 2.75) is 45.1 Å². The van der Waals surface area contributed by atoms with Crippen molar-refractivity contribution >= 4 is 17.8 Å². The first-order valence-electron chi connectivity index (χ1n) is 9.81. The Kier molecular flexibility index (Phi) is 6.03. The van der Waals surface area contributed by atoms with Crippen LogP contribution < -0.4 is 5.32 Å². The Balaban J connectivity index is 1.69. The molecule has 7 nitrogen and oxygen atoms in total. The van der Waals surface area contributed by atoms with Crippen LogP contribution in [0, 0.1) is 19.8 Å². The number of carbonyl (C=O) groups is 3. The third kappa shape index (κ3) is 4.35. The summed E-state index contributed by atoms with van der Waals surface area (Å²) >= 11 is 0. The van der Waals surface area contributed by atoms with Crippen molar-refractivity contribution in [1.82, 2.24) is 10.2 Å². The number of hydrogen-bond acceptors (Lipinski definition) is 4. The van der Waals surface area contributed by atoms with Gasteiger partial charge in [0.1, 0.15) is 5.54 Å². The van der Waals surface area contributed by atoms with E-state index in [4.69, 9.17) is 4.74 Å². The molecule has 2 fully saturated rings. The fraction of sp³-hybridized carbons (Fsp3) is 0.571. The molecule has 2 saturated heterocycles. The number of carboxylic acids is 1. The second-order valence-electron chi connectivity index (χ2n) is 7.96. The van der Waals surface area contributed by atoms with E-state index in [1.165, 1.54) is 0 Å². The summed E-state index contributed by atoms with van der Waals surface area (Å²) in [4.78, 5) is 39.2. The fourth-order valence-electron chi connectivity index (χ4n) is 4.11. The Bertz CT molecular complexity index is 750. The lowest BCUT2D eigenvalue weighted by Crippen LogP contribution is -2.59. The van der Waals surface area contributed by atoms with Gasteiger partial charge >= 0.3 is 5.97 Å². The van der Waals surface area contributed by atoms with Crippen molar-refractivity contribution in [3.63, 3.8) is 0 Å². The zero-order chi connectivity index (χ0) is 20.3. The Labute approximate surface area is 165 Å². The van der Waals surface area contributed by atoms with Crippen molar-refractivity contribution in [3.05, 3.63) is 34.9 Å². The molecule has 2 aliphatic heterocycles. The Morgan fingerprint density at radius 2 is 1.79 bits per heavy atom. The van der Waals surface area contributed by atoms with Crippen LogP contribution in [0.5, 0.6) is 0 Å². The van der Waals surface area contributed by atoms with Gasteiger partial charge in [-0.3, -0.25) is 9.59 Å². The van der Waals surface area contributed by atoms with Gasteiger partial charge < -0.3 is 20.1 Å². The maximum absolute atomic E-state index is 12.9. The standard InChI is InChI=1S/C21H28N2O5/c1-14-10-15(2)12-17(11-14)19(25)23-7-3-4-16(13-23)18(24)22-21(20(26)27)5-8-28-9-6-21/h10-12,16H,3-9,13H2,1-2H3,(H,22,24)(H,26,27). The lowest BCUT2D eigenvalue weighted by Gasteiger charge is -2.37. The molecule has 28 heavy (non-hydrogen) atoms. The van der Waals surface area contributed by atoms with E-state index in [-0.39, 0.29) is 24.7 Å². The van der Waals surface area contributed by atoms with Gasteiger partial charge in [0.15, 0.2) is 0 Å². The van der Waals surface area contributed by atoms with E-state index in [2.05, 4.69) is 5.32 Å². The monoisotopic (exact) mass is 388 g/mol. The summed E-state index contributed by atoms with van der Waals surface area (Å²) in [5.41, 5.74) is 1.41. The van der Waals surface area contributed by atoms with Gasteiger partial charge in [0.2, 0.25) is 5.91 Å². The molecule has 0 aliphatic carbocycles. The molecule has 0 aromatic heterocycles. The number of amides is 2. The van der Waals surface area contributed by atoms with Crippen LogP contribution in [0.4, 0.5) is 0 Å². The third-order valence-corrected chi connectivity index (χ3v) is 5.67. The molecule has 0 spiro atoms. The fourth-order valence-corrected chi connectivity index (χ4v) is 4.11. The largest absolute Gasteiger partial charge is 0.480 e. The number of hydrogen-bond donors (Lipinski definition) is 2. The molecule has 152 valence electrons. The SMILES string of the molecule is Cc1cc(C)cc(C(=O)N2CCCC(C(=O)NC3(C(=O)O)CCOCC3)C2)c1. The van der Waals surface area contributed by atoms with Crippen molar-refractivity contribution < 1.29 is 24.2 Å². The molecule has 0 bridgehead atoms. The number of nitrogens with zero attached hydrogens (tertiary/aromatic N) is 1. The highest BCUT2D eigenvalue weighted by Crippen LogP contribution is 2.25. The molecule has 2 aliphatic rings. The topological polar surface area (TPSA) is 95.9 Å². The van der Waals surface area contributed by atoms with E-state index in [1.54, 1.807) is 4.90 Å². The summed E-state index contributed by atoms with van der Waals surface area (Å²) in [6.45, 7) is 5.45. The molecule has 2 heterocycles. The Morgan fingerprint density at radius 3 is 2.39 bits per heavy atom. The highest BCUT2D eigenvalue weighted by Gasteiger charge is 2.43. The average molecular weight is 388 g/mol. The van der Waals surface area contributed by atoms with Crippen LogP contribution in [0.3, 0.4) is 0 Å². The van der Waals surface area contributed by atoms with E-state index >= 15 is 0 Å². The second kappa shape index (κ2) is 8.31. The van der Waals surface area contributed by atoms with Crippen LogP contribution in [0.1, 0.15) is 47.2 Å². The van der Waals surface area contributed by atoms with Gasteiger partial charge in [-0.1, -0.05) is 17.2 Å². The molecule has 1 aromatic carbocycles. The molecule has 0 radical (unpaired) electrons. The number of benzene rings is 1. The summed E-state index contributed by atoms with van der Waals surface area (Å²) in [6.07, 6.45) is 1.88. The minimum Gasteiger partial charge on any atom is -0.480 e. The minimum atomic E-state index is -1.27. The molecule has 1 atom stereocenters. The Hall–Kier alpha value is -2.41. The molecule has 1 aromatic rings. The van der Waals surface area contributed by atoms with E-state index in [0.717, 1.165) is 17.5 Å². The lowest BCUT2D eigenvalue weighted by atomic mass is 9.88. The number of aryl methyl sites for hydroxylation is 2. The van der Waals surface area contributed by atoms with Crippen LogP contribution in [0.2, 0.25) is 0 Å². The van der Waals surface area contributed by atoms with Crippen LogP contribution in [0.25, 0.3) is 0 Å². The number of likely N-dealkylation sites (tertiary alicyclic amines) is 1. The molecule has 0 saturated carbocycles. The van der Waals surface area contributed by atoms with Crippen LogP contribution in [-0.4, -0.2) is 59.6 Å². The van der Waals surface area contributed by atoms with Crippen LogP contribution in [0.15, 0.2) is 18.2 Å². The van der Waals surface area contributed by atoms with E-state index in [1.807, 2.05) is 32.0 Å². The third-order valence-electron chi connectivity index (χ3n) is 5.67. The first kappa shape index (κ1) is 20.3. The van der Waals surface area contributed by atoms with E-state index < -0.39 is 17.4 Å². The number of carboxylic acid groups (broad SMARTS) is 1. The zero-order valence-corrected chi connectivity index (χ0v) is 16.5. The Morgan fingerprint density at radius 1 is 1.14 bits per heavy atom. The highest BCUT2D eigenvalue weighted by molar-refractivity contribution is 5.95. The quantitative estimate of drug-likeness (QED) is 0.821. The summed E-state index contributed by atoms with van der Waals surface area (Å²) in [5.74, 6) is -1.80. The van der Waals surface area contributed by atoms with Gasteiger partial charge in [-0.05, 0) is 38.8 Å².